The van der Waals surface area contributed by atoms with Crippen molar-refractivity contribution in [2.75, 3.05) is 17.2 Å². The van der Waals surface area contributed by atoms with Crippen LogP contribution >= 0.6 is 0 Å². The van der Waals surface area contributed by atoms with Gasteiger partial charge in [-0.15, -0.1) is 0 Å². The van der Waals surface area contributed by atoms with Gasteiger partial charge in [0, 0.05) is 24.3 Å². The van der Waals surface area contributed by atoms with Crippen molar-refractivity contribution in [3.63, 3.8) is 0 Å². The Balaban J connectivity index is 1.89. The summed E-state index contributed by atoms with van der Waals surface area (Å²) < 4.78 is 0. The van der Waals surface area contributed by atoms with E-state index in [1.165, 1.54) is 16.7 Å². The number of benzene rings is 2. The van der Waals surface area contributed by atoms with E-state index in [4.69, 9.17) is 0 Å². The van der Waals surface area contributed by atoms with Gasteiger partial charge in [0.15, 0.2) is 0 Å². The van der Waals surface area contributed by atoms with Crippen LogP contribution in [0.2, 0.25) is 0 Å². The summed E-state index contributed by atoms with van der Waals surface area (Å²) in [6, 6.07) is 12.4. The monoisotopic (exact) mass is 310 g/mol. The first-order valence-corrected chi connectivity index (χ1v) is 8.20. The Labute approximate surface area is 139 Å². The van der Waals surface area contributed by atoms with Gasteiger partial charge in [-0.05, 0) is 61.6 Å². The average Bonchev–Trinajstić information content (AvgIpc) is 2.53. The molecule has 0 saturated carbocycles. The fourth-order valence-electron chi connectivity index (χ4n) is 2.58. The minimum Gasteiger partial charge on any atom is -0.385 e. The predicted octanol–water partition coefficient (Wildman–Crippen LogP) is 4.61. The number of carbonyl (C=O) groups excluding carboxylic acids is 1. The third-order valence-corrected chi connectivity index (χ3v) is 4.19. The number of rotatable bonds is 6. The molecule has 0 bridgehead atoms. The van der Waals surface area contributed by atoms with E-state index in [1.54, 1.807) is 0 Å². The van der Waals surface area contributed by atoms with Crippen molar-refractivity contribution in [3.8, 4) is 0 Å². The fraction of sp³-hybridized carbons (Fsp3) is 0.350. The van der Waals surface area contributed by atoms with Gasteiger partial charge in [0.2, 0.25) is 5.91 Å². The third kappa shape index (κ3) is 4.59. The third-order valence-electron chi connectivity index (χ3n) is 4.19. The van der Waals surface area contributed by atoms with E-state index in [0.717, 1.165) is 23.4 Å². The van der Waals surface area contributed by atoms with Gasteiger partial charge in [0.25, 0.3) is 0 Å². The smallest absolute Gasteiger partial charge is 0.226 e. The van der Waals surface area contributed by atoms with E-state index in [0.29, 0.717) is 13.0 Å². The summed E-state index contributed by atoms with van der Waals surface area (Å²) in [7, 11) is 0. The molecule has 0 aliphatic heterocycles. The molecule has 0 atom stereocenters. The van der Waals surface area contributed by atoms with Crippen LogP contribution in [-0.4, -0.2) is 12.5 Å². The number of carbonyl (C=O) groups is 1. The lowest BCUT2D eigenvalue weighted by Gasteiger charge is -2.13. The van der Waals surface area contributed by atoms with Crippen molar-refractivity contribution < 1.29 is 4.79 Å². The number of aryl methyl sites for hydroxylation is 4. The van der Waals surface area contributed by atoms with E-state index in [9.17, 15) is 4.79 Å². The van der Waals surface area contributed by atoms with Crippen LogP contribution in [-0.2, 0) is 11.2 Å². The maximum Gasteiger partial charge on any atom is 0.226 e. The molecule has 0 unspecified atom stereocenters. The summed E-state index contributed by atoms with van der Waals surface area (Å²) in [4.78, 5) is 12.2. The quantitative estimate of drug-likeness (QED) is 0.817. The van der Waals surface area contributed by atoms with Gasteiger partial charge < -0.3 is 10.6 Å². The van der Waals surface area contributed by atoms with Gasteiger partial charge in [-0.25, -0.2) is 0 Å². The summed E-state index contributed by atoms with van der Waals surface area (Å²) in [5, 5.41) is 6.37. The van der Waals surface area contributed by atoms with Crippen molar-refractivity contribution in [1.82, 2.24) is 0 Å². The summed E-state index contributed by atoms with van der Waals surface area (Å²) in [5.41, 5.74) is 6.85. The Morgan fingerprint density at radius 2 is 1.78 bits per heavy atom. The molecule has 3 heteroatoms. The molecular weight excluding hydrogens is 284 g/mol. The van der Waals surface area contributed by atoms with Crippen molar-refractivity contribution >= 4 is 17.3 Å². The Bertz CT molecular complexity index is 692. The average molecular weight is 310 g/mol. The highest BCUT2D eigenvalue weighted by Gasteiger charge is 2.08. The molecule has 2 aromatic carbocycles. The second-order valence-electron chi connectivity index (χ2n) is 5.99. The Hall–Kier alpha value is -2.29. The molecule has 2 N–H and O–H groups in total. The Morgan fingerprint density at radius 1 is 1.00 bits per heavy atom. The highest BCUT2D eigenvalue weighted by Crippen LogP contribution is 2.21. The highest BCUT2D eigenvalue weighted by molar-refractivity contribution is 5.92. The van der Waals surface area contributed by atoms with E-state index in [-0.39, 0.29) is 5.91 Å². The number of nitrogens with one attached hydrogen (secondary N) is 2. The molecule has 0 spiro atoms. The van der Waals surface area contributed by atoms with Crippen LogP contribution < -0.4 is 10.6 Å². The van der Waals surface area contributed by atoms with Crippen LogP contribution in [0.15, 0.2) is 36.4 Å². The predicted molar refractivity (Wildman–Crippen MR) is 98.2 cm³/mol. The van der Waals surface area contributed by atoms with Crippen molar-refractivity contribution in [1.29, 1.82) is 0 Å². The molecule has 122 valence electrons. The van der Waals surface area contributed by atoms with Crippen molar-refractivity contribution in [2.45, 2.75) is 40.5 Å². The molecule has 0 radical (unpaired) electrons. The number of para-hydroxylation sites is 1. The summed E-state index contributed by atoms with van der Waals surface area (Å²) in [5.74, 6) is 0.0466. The molecular formula is C20H26N2O. The molecule has 1 amide bonds. The SMILES string of the molecule is CCc1cccc(C)c1NC(=O)CCNc1ccc(C)c(C)c1. The number of hydrogen-bond acceptors (Lipinski definition) is 2. The molecule has 0 aliphatic carbocycles. The lowest BCUT2D eigenvalue weighted by atomic mass is 10.1. The van der Waals surface area contributed by atoms with Crippen molar-refractivity contribution in [3.05, 3.63) is 58.7 Å². The van der Waals surface area contributed by atoms with Gasteiger partial charge in [-0.1, -0.05) is 31.2 Å². The molecule has 23 heavy (non-hydrogen) atoms. The zero-order valence-electron chi connectivity index (χ0n) is 14.5. The second kappa shape index (κ2) is 7.82. The summed E-state index contributed by atoms with van der Waals surface area (Å²) >= 11 is 0. The summed E-state index contributed by atoms with van der Waals surface area (Å²) in [6.07, 6.45) is 1.36. The molecule has 0 aromatic heterocycles. The molecule has 0 saturated heterocycles. The van der Waals surface area contributed by atoms with Gasteiger partial charge >= 0.3 is 0 Å². The fourth-order valence-corrected chi connectivity index (χ4v) is 2.58. The summed E-state index contributed by atoms with van der Waals surface area (Å²) in [6.45, 7) is 8.95. The van der Waals surface area contributed by atoms with Crippen LogP contribution in [0.1, 0.15) is 35.6 Å². The maximum atomic E-state index is 12.2. The second-order valence-corrected chi connectivity index (χ2v) is 5.99. The molecule has 2 aromatic rings. The minimum absolute atomic E-state index is 0.0466. The van der Waals surface area contributed by atoms with Crippen LogP contribution in [0.25, 0.3) is 0 Å². The molecule has 0 fully saturated rings. The van der Waals surface area contributed by atoms with Crippen LogP contribution in [0.4, 0.5) is 11.4 Å². The van der Waals surface area contributed by atoms with E-state index >= 15 is 0 Å². The lowest BCUT2D eigenvalue weighted by Crippen LogP contribution is -2.17. The van der Waals surface area contributed by atoms with Crippen LogP contribution in [0, 0.1) is 20.8 Å². The zero-order valence-corrected chi connectivity index (χ0v) is 14.5. The van der Waals surface area contributed by atoms with E-state index in [2.05, 4.69) is 55.7 Å². The lowest BCUT2D eigenvalue weighted by molar-refractivity contribution is -0.115. The van der Waals surface area contributed by atoms with Crippen LogP contribution in [0.3, 0.4) is 0 Å². The van der Waals surface area contributed by atoms with Gasteiger partial charge in [0.1, 0.15) is 0 Å². The van der Waals surface area contributed by atoms with Crippen molar-refractivity contribution in [2.24, 2.45) is 0 Å². The first-order valence-electron chi connectivity index (χ1n) is 8.20. The number of amides is 1. The number of anilines is 2. The minimum atomic E-state index is 0.0466. The molecule has 0 heterocycles. The molecule has 3 nitrogen and oxygen atoms in total. The number of hydrogen-bond donors (Lipinski definition) is 2. The first kappa shape index (κ1) is 17.1. The van der Waals surface area contributed by atoms with Gasteiger partial charge in [-0.2, -0.15) is 0 Å². The van der Waals surface area contributed by atoms with Gasteiger partial charge in [-0.3, -0.25) is 4.79 Å². The normalized spacial score (nSPS) is 10.4. The molecule has 0 aliphatic rings. The Morgan fingerprint density at radius 3 is 2.48 bits per heavy atom. The topological polar surface area (TPSA) is 41.1 Å². The van der Waals surface area contributed by atoms with Gasteiger partial charge in [0.05, 0.1) is 0 Å². The standard InChI is InChI=1S/C20H26N2O/c1-5-17-8-6-7-15(3)20(17)22-19(23)11-12-21-18-10-9-14(2)16(4)13-18/h6-10,13,21H,5,11-12H2,1-4H3,(H,22,23). The first-order chi connectivity index (χ1) is 11.0. The highest BCUT2D eigenvalue weighted by atomic mass is 16.1. The van der Waals surface area contributed by atoms with Crippen LogP contribution in [0.5, 0.6) is 0 Å². The van der Waals surface area contributed by atoms with E-state index < -0.39 is 0 Å². The van der Waals surface area contributed by atoms with E-state index in [1.807, 2.05) is 19.1 Å². The molecule has 2 rings (SSSR count). The Kier molecular flexibility index (Phi) is 5.80. The zero-order chi connectivity index (χ0) is 16.8. The maximum absolute atomic E-state index is 12.2. The largest absolute Gasteiger partial charge is 0.385 e.